The van der Waals surface area contributed by atoms with Crippen LogP contribution in [-0.4, -0.2) is 10.9 Å². The van der Waals surface area contributed by atoms with E-state index in [-0.39, 0.29) is 5.41 Å². The molecule has 3 saturated carbocycles. The van der Waals surface area contributed by atoms with Crippen molar-refractivity contribution in [3.8, 4) is 0 Å². The SMILES string of the molecule is C[C@]12CC[C@@H]3[C@@H](CCC4=CC(=O)CC[C@@H]43)[C@H]1CCC2(O)c1cc2ccccc2o1. The molecule has 4 aliphatic carbocycles. The summed E-state index contributed by atoms with van der Waals surface area (Å²) < 4.78 is 6.21. The number of para-hydroxylation sites is 1. The van der Waals surface area contributed by atoms with Crippen LogP contribution in [0.3, 0.4) is 0 Å². The highest BCUT2D eigenvalue weighted by atomic mass is 16.4. The maximum atomic E-state index is 12.0. The van der Waals surface area contributed by atoms with Crippen molar-refractivity contribution in [3.63, 3.8) is 0 Å². The molecule has 0 bridgehead atoms. The third-order valence-electron chi connectivity index (χ3n) is 9.28. The smallest absolute Gasteiger partial charge is 0.155 e. The molecule has 0 saturated heterocycles. The Hall–Kier alpha value is -1.87. The lowest BCUT2D eigenvalue weighted by Gasteiger charge is -2.55. The fourth-order valence-corrected chi connectivity index (χ4v) is 7.79. The first-order valence-electron chi connectivity index (χ1n) is 11.4. The topological polar surface area (TPSA) is 50.4 Å². The van der Waals surface area contributed by atoms with Crippen LogP contribution in [-0.2, 0) is 10.4 Å². The summed E-state index contributed by atoms with van der Waals surface area (Å²) in [4.78, 5) is 11.9. The summed E-state index contributed by atoms with van der Waals surface area (Å²) in [6.45, 7) is 2.32. The molecule has 1 N–H and O–H groups in total. The molecule has 29 heavy (non-hydrogen) atoms. The number of hydrogen-bond acceptors (Lipinski definition) is 3. The lowest BCUT2D eigenvalue weighted by atomic mass is 9.50. The van der Waals surface area contributed by atoms with E-state index in [9.17, 15) is 9.90 Å². The van der Waals surface area contributed by atoms with E-state index in [1.807, 2.05) is 24.3 Å². The number of allylic oxidation sites excluding steroid dienone is 1. The average molecular weight is 391 g/mol. The van der Waals surface area contributed by atoms with Gasteiger partial charge in [-0.05, 0) is 86.8 Å². The van der Waals surface area contributed by atoms with Crippen LogP contribution < -0.4 is 0 Å². The van der Waals surface area contributed by atoms with Crippen molar-refractivity contribution < 1.29 is 14.3 Å². The zero-order chi connectivity index (χ0) is 19.8. The van der Waals surface area contributed by atoms with Crippen molar-refractivity contribution in [2.45, 2.75) is 63.9 Å². The van der Waals surface area contributed by atoms with Gasteiger partial charge in [0.05, 0.1) is 0 Å². The van der Waals surface area contributed by atoms with Gasteiger partial charge >= 0.3 is 0 Å². The standard InChI is InChI=1S/C26H30O3/c1-25-12-10-20-19-9-7-18(27)14-16(19)6-8-21(20)22(25)11-13-26(25,28)24-15-17-4-2-3-5-23(17)29-24/h2-5,14-15,19-22,28H,6-13H2,1H3/t19-,20-,21+,22+,25-,26?/m0/s1. The highest BCUT2D eigenvalue weighted by Crippen LogP contribution is 2.67. The second-order valence-electron chi connectivity index (χ2n) is 10.3. The minimum atomic E-state index is -0.875. The lowest BCUT2D eigenvalue weighted by molar-refractivity contribution is -0.133. The van der Waals surface area contributed by atoms with E-state index in [0.717, 1.165) is 61.7 Å². The molecule has 0 aliphatic heterocycles. The van der Waals surface area contributed by atoms with Crippen LogP contribution in [0.25, 0.3) is 11.0 Å². The highest BCUT2D eigenvalue weighted by Gasteiger charge is 2.64. The van der Waals surface area contributed by atoms with Crippen molar-refractivity contribution in [1.82, 2.24) is 0 Å². The van der Waals surface area contributed by atoms with Gasteiger partial charge in [0.15, 0.2) is 5.78 Å². The normalized spacial score (nSPS) is 41.6. The Morgan fingerprint density at radius 1 is 1.03 bits per heavy atom. The van der Waals surface area contributed by atoms with Crippen LogP contribution >= 0.6 is 0 Å². The van der Waals surface area contributed by atoms with Gasteiger partial charge in [0, 0.05) is 17.2 Å². The monoisotopic (exact) mass is 390 g/mol. The third-order valence-corrected chi connectivity index (χ3v) is 9.28. The van der Waals surface area contributed by atoms with Gasteiger partial charge in [-0.15, -0.1) is 0 Å². The van der Waals surface area contributed by atoms with E-state index < -0.39 is 5.60 Å². The first-order chi connectivity index (χ1) is 14.0. The molecule has 1 heterocycles. The summed E-state index contributed by atoms with van der Waals surface area (Å²) in [5, 5.41) is 13.1. The van der Waals surface area contributed by atoms with E-state index in [1.54, 1.807) is 0 Å². The van der Waals surface area contributed by atoms with Crippen molar-refractivity contribution in [1.29, 1.82) is 0 Å². The minimum Gasteiger partial charge on any atom is -0.458 e. The van der Waals surface area contributed by atoms with Crippen LogP contribution in [0.1, 0.15) is 64.1 Å². The zero-order valence-electron chi connectivity index (χ0n) is 17.2. The number of ketones is 1. The fraction of sp³-hybridized carbons (Fsp3) is 0.577. The molecule has 0 amide bonds. The quantitative estimate of drug-likeness (QED) is 0.673. The number of fused-ring (bicyclic) bond motifs is 6. The predicted octanol–water partition coefficient (Wildman–Crippen LogP) is 5.76. The molecule has 2 aromatic rings. The molecule has 3 nitrogen and oxygen atoms in total. The molecular weight excluding hydrogens is 360 g/mol. The van der Waals surface area contributed by atoms with Gasteiger partial charge in [-0.2, -0.15) is 0 Å². The number of rotatable bonds is 1. The van der Waals surface area contributed by atoms with E-state index >= 15 is 0 Å². The molecule has 1 aromatic heterocycles. The summed E-state index contributed by atoms with van der Waals surface area (Å²) in [5.41, 5.74) is 1.29. The molecule has 152 valence electrons. The first kappa shape index (κ1) is 17.9. The summed E-state index contributed by atoms with van der Waals surface area (Å²) in [6, 6.07) is 10.2. The average Bonchev–Trinajstić information content (AvgIpc) is 3.27. The number of aliphatic hydroxyl groups is 1. The van der Waals surface area contributed by atoms with Crippen LogP contribution in [0.5, 0.6) is 0 Å². The first-order valence-corrected chi connectivity index (χ1v) is 11.4. The number of carbonyl (C=O) groups excluding carboxylic acids is 1. The third kappa shape index (κ3) is 2.37. The maximum Gasteiger partial charge on any atom is 0.155 e. The molecule has 6 atom stereocenters. The van der Waals surface area contributed by atoms with Gasteiger partial charge in [-0.1, -0.05) is 30.7 Å². The lowest BCUT2D eigenvalue weighted by Crippen LogP contribution is -2.51. The molecule has 0 spiro atoms. The van der Waals surface area contributed by atoms with E-state index in [1.165, 1.54) is 12.0 Å². The van der Waals surface area contributed by atoms with Crippen LogP contribution in [0.4, 0.5) is 0 Å². The van der Waals surface area contributed by atoms with Crippen LogP contribution in [0.2, 0.25) is 0 Å². The molecule has 6 rings (SSSR count). The van der Waals surface area contributed by atoms with Gasteiger partial charge in [-0.25, -0.2) is 0 Å². The minimum absolute atomic E-state index is 0.131. The van der Waals surface area contributed by atoms with Gasteiger partial charge in [0.2, 0.25) is 0 Å². The molecular formula is C26H30O3. The summed E-state index contributed by atoms with van der Waals surface area (Å²) in [6.07, 6.45) is 10.1. The Morgan fingerprint density at radius 2 is 1.90 bits per heavy atom. The number of furan rings is 1. The Balaban J connectivity index is 1.36. The van der Waals surface area contributed by atoms with Crippen molar-refractivity contribution in [2.75, 3.05) is 0 Å². The van der Waals surface area contributed by atoms with Crippen molar-refractivity contribution >= 4 is 16.8 Å². The Kier molecular flexibility index (Phi) is 3.76. The molecule has 3 fully saturated rings. The summed E-state index contributed by atoms with van der Waals surface area (Å²) in [7, 11) is 0. The van der Waals surface area contributed by atoms with E-state index in [4.69, 9.17) is 4.42 Å². The van der Waals surface area contributed by atoms with Gasteiger partial charge in [-0.3, -0.25) is 4.79 Å². The Bertz CT molecular complexity index is 983. The van der Waals surface area contributed by atoms with Crippen molar-refractivity contribution in [2.24, 2.45) is 29.1 Å². The second-order valence-corrected chi connectivity index (χ2v) is 10.3. The van der Waals surface area contributed by atoms with E-state index in [2.05, 4.69) is 19.1 Å². The van der Waals surface area contributed by atoms with Gasteiger partial charge in [0.1, 0.15) is 16.9 Å². The van der Waals surface area contributed by atoms with Crippen LogP contribution in [0.15, 0.2) is 46.4 Å². The summed E-state index contributed by atoms with van der Waals surface area (Å²) >= 11 is 0. The predicted molar refractivity (Wildman–Crippen MR) is 112 cm³/mol. The fourth-order valence-electron chi connectivity index (χ4n) is 7.79. The Morgan fingerprint density at radius 3 is 2.76 bits per heavy atom. The van der Waals surface area contributed by atoms with Gasteiger partial charge in [0.25, 0.3) is 0 Å². The molecule has 1 aromatic carbocycles. The summed E-state index contributed by atoms with van der Waals surface area (Å²) in [5.74, 6) is 3.61. The van der Waals surface area contributed by atoms with Crippen molar-refractivity contribution in [3.05, 3.63) is 47.7 Å². The number of carbonyl (C=O) groups is 1. The molecule has 1 unspecified atom stereocenters. The molecule has 4 aliphatic rings. The Labute approximate surface area is 172 Å². The largest absolute Gasteiger partial charge is 0.458 e. The van der Waals surface area contributed by atoms with E-state index in [0.29, 0.717) is 29.5 Å². The highest BCUT2D eigenvalue weighted by molar-refractivity contribution is 5.91. The number of benzene rings is 1. The molecule has 3 heteroatoms. The second kappa shape index (κ2) is 6.07. The molecule has 0 radical (unpaired) electrons. The van der Waals surface area contributed by atoms with Crippen LogP contribution in [0, 0.1) is 29.1 Å². The van der Waals surface area contributed by atoms with Gasteiger partial charge < -0.3 is 9.52 Å². The maximum absolute atomic E-state index is 12.0. The zero-order valence-corrected chi connectivity index (χ0v) is 17.2. The number of hydrogen-bond donors (Lipinski definition) is 1.